The van der Waals surface area contributed by atoms with Crippen molar-refractivity contribution in [1.29, 1.82) is 0 Å². The number of aryl methyl sites for hydroxylation is 1. The molecule has 0 bridgehead atoms. The normalized spacial score (nSPS) is 13.0. The first-order valence-electron chi connectivity index (χ1n) is 7.82. The summed E-state index contributed by atoms with van der Waals surface area (Å²) < 4.78 is 2.20. The minimum absolute atomic E-state index is 0.106. The van der Waals surface area contributed by atoms with Crippen molar-refractivity contribution in [1.82, 2.24) is 14.5 Å². The van der Waals surface area contributed by atoms with Crippen LogP contribution in [-0.2, 0) is 7.05 Å². The van der Waals surface area contributed by atoms with Gasteiger partial charge in [0.1, 0.15) is 5.82 Å². The van der Waals surface area contributed by atoms with Gasteiger partial charge in [-0.15, -0.1) is 0 Å². The summed E-state index contributed by atoms with van der Waals surface area (Å²) in [5, 5.41) is 7.92. The molecule has 0 saturated carbocycles. The number of hydrogen-bond acceptors (Lipinski definition) is 4. The van der Waals surface area contributed by atoms with E-state index >= 15 is 0 Å². The van der Waals surface area contributed by atoms with Gasteiger partial charge in [-0.1, -0.05) is 6.92 Å². The number of pyridine rings is 2. The van der Waals surface area contributed by atoms with Crippen LogP contribution in [-0.4, -0.2) is 20.7 Å². The van der Waals surface area contributed by atoms with Crippen LogP contribution in [0, 0.1) is 0 Å². The van der Waals surface area contributed by atoms with Gasteiger partial charge in [0.05, 0.1) is 11.7 Å². The Morgan fingerprint density at radius 1 is 1.17 bits per heavy atom. The molecule has 1 atom stereocenters. The zero-order valence-corrected chi connectivity index (χ0v) is 13.2. The Morgan fingerprint density at radius 2 is 2.04 bits per heavy atom. The lowest BCUT2D eigenvalue weighted by Gasteiger charge is -2.13. The highest BCUT2D eigenvalue weighted by Crippen LogP contribution is 2.34. The predicted molar refractivity (Wildman–Crippen MR) is 95.4 cm³/mol. The van der Waals surface area contributed by atoms with Crippen LogP contribution in [0.1, 0.15) is 13.3 Å². The second-order valence-electron chi connectivity index (χ2n) is 5.86. The van der Waals surface area contributed by atoms with Crippen molar-refractivity contribution in [3.8, 4) is 0 Å². The Balaban J connectivity index is 2.09. The van der Waals surface area contributed by atoms with Gasteiger partial charge in [-0.05, 0) is 36.1 Å². The summed E-state index contributed by atoms with van der Waals surface area (Å²) in [4.78, 5) is 8.75. The molecule has 1 unspecified atom stereocenters. The van der Waals surface area contributed by atoms with Crippen LogP contribution in [0.4, 0.5) is 5.82 Å². The van der Waals surface area contributed by atoms with E-state index in [4.69, 9.17) is 5.73 Å². The van der Waals surface area contributed by atoms with E-state index in [2.05, 4.69) is 46.0 Å². The van der Waals surface area contributed by atoms with Gasteiger partial charge in [0.25, 0.3) is 0 Å². The van der Waals surface area contributed by atoms with Crippen LogP contribution in [0.5, 0.6) is 0 Å². The number of benzene rings is 1. The van der Waals surface area contributed by atoms with Crippen molar-refractivity contribution in [2.45, 2.75) is 19.5 Å². The van der Waals surface area contributed by atoms with Gasteiger partial charge in [-0.3, -0.25) is 4.98 Å². The second kappa shape index (κ2) is 5.21. The lowest BCUT2D eigenvalue weighted by atomic mass is 10.1. The molecular formula is C18H19N5. The van der Waals surface area contributed by atoms with Crippen LogP contribution in [0.15, 0.2) is 42.9 Å². The second-order valence-corrected chi connectivity index (χ2v) is 5.86. The molecule has 116 valence electrons. The van der Waals surface area contributed by atoms with Crippen molar-refractivity contribution < 1.29 is 0 Å². The summed E-state index contributed by atoms with van der Waals surface area (Å²) in [6, 6.07) is 8.47. The fourth-order valence-corrected chi connectivity index (χ4v) is 3.12. The number of anilines is 1. The fraction of sp³-hybridized carbons (Fsp3) is 0.222. The molecule has 4 aromatic rings. The topological polar surface area (TPSA) is 68.8 Å². The van der Waals surface area contributed by atoms with Gasteiger partial charge in [0.2, 0.25) is 0 Å². The molecule has 0 aliphatic heterocycles. The number of nitrogens with zero attached hydrogens (tertiary/aromatic N) is 3. The van der Waals surface area contributed by atoms with Gasteiger partial charge < -0.3 is 15.6 Å². The minimum atomic E-state index is -0.106. The fourth-order valence-electron chi connectivity index (χ4n) is 3.12. The van der Waals surface area contributed by atoms with Crippen LogP contribution in [0.3, 0.4) is 0 Å². The van der Waals surface area contributed by atoms with Crippen LogP contribution >= 0.6 is 0 Å². The number of nitrogens with two attached hydrogens (primary N) is 1. The molecule has 23 heavy (non-hydrogen) atoms. The first-order chi connectivity index (χ1) is 11.2. The van der Waals surface area contributed by atoms with E-state index in [1.807, 2.05) is 30.7 Å². The summed E-state index contributed by atoms with van der Waals surface area (Å²) in [6.45, 7) is 2.06. The zero-order valence-electron chi connectivity index (χ0n) is 13.2. The van der Waals surface area contributed by atoms with E-state index in [1.54, 1.807) is 0 Å². The Hall–Kier alpha value is -2.66. The summed E-state index contributed by atoms with van der Waals surface area (Å²) in [5.41, 5.74) is 8.39. The Labute approximate surface area is 134 Å². The maximum atomic E-state index is 6.07. The molecule has 0 radical (unpaired) electrons. The SMILES string of the molecule is CCC(N)Nc1nccc2c1c1cc3cnccc3cc1n2C. The van der Waals surface area contributed by atoms with Crippen molar-refractivity contribution >= 4 is 38.4 Å². The summed E-state index contributed by atoms with van der Waals surface area (Å²) in [6.07, 6.45) is 6.29. The van der Waals surface area contributed by atoms with E-state index in [0.717, 1.165) is 28.5 Å². The monoisotopic (exact) mass is 305 g/mol. The quantitative estimate of drug-likeness (QED) is 0.569. The molecule has 1 aromatic carbocycles. The van der Waals surface area contributed by atoms with Crippen molar-refractivity contribution in [3.05, 3.63) is 42.9 Å². The van der Waals surface area contributed by atoms with Crippen molar-refractivity contribution in [2.75, 3.05) is 5.32 Å². The van der Waals surface area contributed by atoms with E-state index in [0.29, 0.717) is 0 Å². The maximum absolute atomic E-state index is 6.07. The van der Waals surface area contributed by atoms with Gasteiger partial charge in [0, 0.05) is 47.3 Å². The highest BCUT2D eigenvalue weighted by Gasteiger charge is 2.14. The van der Waals surface area contributed by atoms with E-state index in [-0.39, 0.29) is 6.17 Å². The third-order valence-electron chi connectivity index (χ3n) is 4.44. The van der Waals surface area contributed by atoms with Crippen LogP contribution in [0.25, 0.3) is 32.6 Å². The lowest BCUT2D eigenvalue weighted by Crippen LogP contribution is -2.28. The average molecular weight is 305 g/mol. The van der Waals surface area contributed by atoms with E-state index in [9.17, 15) is 0 Å². The number of rotatable bonds is 3. The molecule has 4 rings (SSSR count). The lowest BCUT2D eigenvalue weighted by molar-refractivity contribution is 0.727. The number of fused-ring (bicyclic) bond motifs is 4. The molecular weight excluding hydrogens is 286 g/mol. The van der Waals surface area contributed by atoms with Gasteiger partial charge in [-0.25, -0.2) is 4.98 Å². The number of nitrogens with one attached hydrogen (secondary N) is 1. The van der Waals surface area contributed by atoms with Crippen molar-refractivity contribution in [2.24, 2.45) is 12.8 Å². The molecule has 0 aliphatic rings. The Morgan fingerprint density at radius 3 is 2.87 bits per heavy atom. The molecule has 0 spiro atoms. The van der Waals surface area contributed by atoms with E-state index < -0.39 is 0 Å². The molecule has 3 aromatic heterocycles. The standard InChI is InChI=1S/C18H19N5/c1-3-16(19)22-18-17-13-8-12-10-20-6-4-11(12)9-15(13)23(2)14(17)5-7-21-18/h4-10,16H,3,19H2,1-2H3,(H,21,22). The molecule has 0 saturated heterocycles. The molecule has 3 heterocycles. The summed E-state index contributed by atoms with van der Waals surface area (Å²) in [7, 11) is 2.08. The third-order valence-corrected chi connectivity index (χ3v) is 4.44. The zero-order chi connectivity index (χ0) is 16.0. The van der Waals surface area contributed by atoms with E-state index in [1.165, 1.54) is 16.3 Å². The number of aromatic nitrogens is 3. The molecule has 5 nitrogen and oxygen atoms in total. The van der Waals surface area contributed by atoms with Gasteiger partial charge >= 0.3 is 0 Å². The van der Waals surface area contributed by atoms with Gasteiger partial charge in [-0.2, -0.15) is 0 Å². The molecule has 0 amide bonds. The molecule has 3 N–H and O–H groups in total. The van der Waals surface area contributed by atoms with Crippen molar-refractivity contribution in [3.63, 3.8) is 0 Å². The van der Waals surface area contributed by atoms with Gasteiger partial charge in [0.15, 0.2) is 0 Å². The molecule has 0 aliphatic carbocycles. The van der Waals surface area contributed by atoms with Crippen LogP contribution in [0.2, 0.25) is 0 Å². The third kappa shape index (κ3) is 2.12. The largest absolute Gasteiger partial charge is 0.354 e. The summed E-state index contributed by atoms with van der Waals surface area (Å²) in [5.74, 6) is 0.839. The Kier molecular flexibility index (Phi) is 3.16. The molecule has 0 fully saturated rings. The average Bonchev–Trinajstić information content (AvgIpc) is 2.86. The maximum Gasteiger partial charge on any atom is 0.137 e. The first kappa shape index (κ1) is 14.0. The first-order valence-corrected chi connectivity index (χ1v) is 7.82. The minimum Gasteiger partial charge on any atom is -0.354 e. The highest BCUT2D eigenvalue weighted by molar-refractivity contribution is 6.16. The predicted octanol–water partition coefficient (Wildman–Crippen LogP) is 3.38. The van der Waals surface area contributed by atoms with Crippen LogP contribution < -0.4 is 11.1 Å². The Bertz CT molecular complexity index is 1020. The smallest absolute Gasteiger partial charge is 0.137 e. The highest BCUT2D eigenvalue weighted by atomic mass is 15.1. The number of hydrogen-bond donors (Lipinski definition) is 2. The summed E-state index contributed by atoms with van der Waals surface area (Å²) >= 11 is 0. The molecule has 5 heteroatoms.